The molecule has 2 aliphatic rings. The minimum Gasteiger partial charge on any atom is -0.352 e. The summed E-state index contributed by atoms with van der Waals surface area (Å²) in [5.74, 6) is 1.60. The van der Waals surface area contributed by atoms with Gasteiger partial charge in [-0.2, -0.15) is 5.26 Å². The lowest BCUT2D eigenvalue weighted by atomic mass is 9.99. The van der Waals surface area contributed by atoms with Gasteiger partial charge >= 0.3 is 0 Å². The van der Waals surface area contributed by atoms with Crippen LogP contribution in [-0.2, 0) is 13.0 Å². The molecule has 0 saturated heterocycles. The van der Waals surface area contributed by atoms with Crippen LogP contribution in [0, 0.1) is 18.3 Å². The number of anilines is 1. The van der Waals surface area contributed by atoms with Crippen LogP contribution >= 0.6 is 0 Å². The minimum atomic E-state index is 0.603. The van der Waals surface area contributed by atoms with E-state index in [1.807, 2.05) is 25.4 Å². The van der Waals surface area contributed by atoms with E-state index in [1.165, 1.54) is 35.4 Å². The first-order valence-electron chi connectivity index (χ1n) is 9.77. The first kappa shape index (κ1) is 16.9. The van der Waals surface area contributed by atoms with Crippen LogP contribution in [0.5, 0.6) is 0 Å². The molecule has 138 valence electrons. The van der Waals surface area contributed by atoms with Gasteiger partial charge < -0.3 is 4.90 Å². The molecule has 3 aromatic rings. The molecule has 5 nitrogen and oxygen atoms in total. The zero-order valence-electron chi connectivity index (χ0n) is 15.9. The zero-order valence-corrected chi connectivity index (χ0v) is 15.9. The molecule has 0 spiro atoms. The third kappa shape index (κ3) is 3.11. The molecule has 0 atom stereocenters. The van der Waals surface area contributed by atoms with Gasteiger partial charge in [-0.1, -0.05) is 0 Å². The molecular formula is C23H21N5. The van der Waals surface area contributed by atoms with Crippen molar-refractivity contribution in [2.45, 2.75) is 38.6 Å². The Labute approximate surface area is 164 Å². The van der Waals surface area contributed by atoms with Crippen molar-refractivity contribution in [3.63, 3.8) is 0 Å². The standard InChI is InChI=1S/C23H21N5/c1-15-8-16(11-24)12-27-23(15)28-7-5-21-20(14-28)9-19(13-26-21)18-4-6-25-22(10-18)17-2-3-17/h4,6,8-10,12-13,17H,2-3,5,7,14H2,1H3. The van der Waals surface area contributed by atoms with Gasteiger partial charge in [0, 0.05) is 61.0 Å². The Hall–Kier alpha value is -3.26. The molecule has 0 aromatic carbocycles. The molecule has 28 heavy (non-hydrogen) atoms. The lowest BCUT2D eigenvalue weighted by molar-refractivity contribution is 0.701. The molecule has 5 heteroatoms. The number of hydrogen-bond donors (Lipinski definition) is 0. The fourth-order valence-electron chi connectivity index (χ4n) is 3.95. The van der Waals surface area contributed by atoms with E-state index in [2.05, 4.69) is 39.1 Å². The van der Waals surface area contributed by atoms with Crippen LogP contribution in [0.2, 0.25) is 0 Å². The summed E-state index contributed by atoms with van der Waals surface area (Å²) in [6.45, 7) is 3.69. The number of fused-ring (bicyclic) bond motifs is 1. The molecule has 1 aliphatic heterocycles. The predicted octanol–water partition coefficient (Wildman–Crippen LogP) is 4.16. The van der Waals surface area contributed by atoms with E-state index in [-0.39, 0.29) is 0 Å². The van der Waals surface area contributed by atoms with E-state index >= 15 is 0 Å². The van der Waals surface area contributed by atoms with Crippen LogP contribution in [0.15, 0.2) is 42.9 Å². The summed E-state index contributed by atoms with van der Waals surface area (Å²) in [5.41, 5.74) is 7.60. The number of aromatic nitrogens is 3. The first-order chi connectivity index (χ1) is 13.7. The lowest BCUT2D eigenvalue weighted by Crippen LogP contribution is -2.32. The van der Waals surface area contributed by atoms with Crippen molar-refractivity contribution >= 4 is 5.82 Å². The molecule has 0 N–H and O–H groups in total. The van der Waals surface area contributed by atoms with E-state index in [0.29, 0.717) is 11.5 Å². The Morgan fingerprint density at radius 2 is 1.96 bits per heavy atom. The maximum absolute atomic E-state index is 9.07. The summed E-state index contributed by atoms with van der Waals surface area (Å²) < 4.78 is 0. The monoisotopic (exact) mass is 367 g/mol. The maximum atomic E-state index is 9.07. The van der Waals surface area contributed by atoms with Crippen molar-refractivity contribution in [2.75, 3.05) is 11.4 Å². The Morgan fingerprint density at radius 3 is 2.75 bits per heavy atom. The molecule has 5 rings (SSSR count). The van der Waals surface area contributed by atoms with Crippen molar-refractivity contribution in [1.29, 1.82) is 5.26 Å². The Bertz CT molecular complexity index is 1090. The van der Waals surface area contributed by atoms with E-state index in [0.717, 1.165) is 36.5 Å². The van der Waals surface area contributed by atoms with E-state index in [4.69, 9.17) is 10.2 Å². The zero-order chi connectivity index (χ0) is 19.1. The topological polar surface area (TPSA) is 65.7 Å². The van der Waals surface area contributed by atoms with Crippen molar-refractivity contribution < 1.29 is 0 Å². The molecule has 1 saturated carbocycles. The summed E-state index contributed by atoms with van der Waals surface area (Å²) in [6.07, 6.45) is 8.98. The van der Waals surface area contributed by atoms with Crippen LogP contribution in [0.3, 0.4) is 0 Å². The molecule has 0 bridgehead atoms. The quantitative estimate of drug-likeness (QED) is 0.695. The van der Waals surface area contributed by atoms with Crippen molar-refractivity contribution in [3.05, 3.63) is 70.9 Å². The van der Waals surface area contributed by atoms with Crippen LogP contribution in [0.1, 0.15) is 46.8 Å². The van der Waals surface area contributed by atoms with Crippen LogP contribution in [-0.4, -0.2) is 21.5 Å². The summed E-state index contributed by atoms with van der Waals surface area (Å²) in [6, 6.07) is 10.6. The smallest absolute Gasteiger partial charge is 0.131 e. The van der Waals surface area contributed by atoms with Gasteiger partial charge in [-0.3, -0.25) is 9.97 Å². The molecule has 1 aliphatic carbocycles. The summed E-state index contributed by atoms with van der Waals surface area (Å²) >= 11 is 0. The number of pyridine rings is 3. The average molecular weight is 367 g/mol. The highest BCUT2D eigenvalue weighted by Crippen LogP contribution is 2.40. The summed E-state index contributed by atoms with van der Waals surface area (Å²) in [7, 11) is 0. The largest absolute Gasteiger partial charge is 0.352 e. The highest BCUT2D eigenvalue weighted by atomic mass is 15.2. The third-order valence-electron chi connectivity index (χ3n) is 5.63. The lowest BCUT2D eigenvalue weighted by Gasteiger charge is -2.30. The SMILES string of the molecule is Cc1cc(C#N)cnc1N1CCc2ncc(-c3ccnc(C4CC4)c3)cc2C1. The predicted molar refractivity (Wildman–Crippen MR) is 108 cm³/mol. The number of aryl methyl sites for hydroxylation is 1. The van der Waals surface area contributed by atoms with E-state index in [1.54, 1.807) is 6.20 Å². The normalized spacial score (nSPS) is 15.8. The van der Waals surface area contributed by atoms with Crippen LogP contribution in [0.25, 0.3) is 11.1 Å². The maximum Gasteiger partial charge on any atom is 0.131 e. The average Bonchev–Trinajstić information content (AvgIpc) is 3.58. The Balaban J connectivity index is 1.45. The minimum absolute atomic E-state index is 0.603. The Kier molecular flexibility index (Phi) is 4.05. The van der Waals surface area contributed by atoms with Crippen LogP contribution < -0.4 is 4.90 Å². The van der Waals surface area contributed by atoms with Gasteiger partial charge in [-0.05, 0) is 60.7 Å². The second-order valence-electron chi connectivity index (χ2n) is 7.72. The van der Waals surface area contributed by atoms with Crippen molar-refractivity contribution in [2.24, 2.45) is 0 Å². The molecule has 3 aromatic heterocycles. The Morgan fingerprint density at radius 1 is 1.07 bits per heavy atom. The van der Waals surface area contributed by atoms with Gasteiger partial charge in [0.05, 0.1) is 5.56 Å². The number of rotatable bonds is 3. The summed E-state index contributed by atoms with van der Waals surface area (Å²) in [5, 5.41) is 9.07. The molecule has 0 unspecified atom stereocenters. The van der Waals surface area contributed by atoms with Crippen molar-refractivity contribution in [1.82, 2.24) is 15.0 Å². The number of nitrogens with zero attached hydrogens (tertiary/aromatic N) is 5. The fourth-order valence-corrected chi connectivity index (χ4v) is 3.95. The first-order valence-corrected chi connectivity index (χ1v) is 9.77. The second kappa shape index (κ2) is 6.72. The highest BCUT2D eigenvalue weighted by Gasteiger charge is 2.25. The molecule has 0 radical (unpaired) electrons. The number of nitriles is 1. The molecule has 0 amide bonds. The summed E-state index contributed by atoms with van der Waals surface area (Å²) in [4.78, 5) is 16.1. The van der Waals surface area contributed by atoms with E-state index < -0.39 is 0 Å². The fraction of sp³-hybridized carbons (Fsp3) is 0.304. The van der Waals surface area contributed by atoms with E-state index in [9.17, 15) is 0 Å². The third-order valence-corrected chi connectivity index (χ3v) is 5.63. The van der Waals surface area contributed by atoms with Gasteiger partial charge in [0.2, 0.25) is 0 Å². The van der Waals surface area contributed by atoms with Crippen molar-refractivity contribution in [3.8, 4) is 17.2 Å². The molecule has 4 heterocycles. The van der Waals surface area contributed by atoms with Gasteiger partial charge in [0.15, 0.2) is 0 Å². The van der Waals surface area contributed by atoms with Gasteiger partial charge in [-0.15, -0.1) is 0 Å². The van der Waals surface area contributed by atoms with Crippen LogP contribution in [0.4, 0.5) is 5.82 Å². The van der Waals surface area contributed by atoms with Gasteiger partial charge in [0.1, 0.15) is 11.9 Å². The van der Waals surface area contributed by atoms with Gasteiger partial charge in [-0.25, -0.2) is 4.98 Å². The second-order valence-corrected chi connectivity index (χ2v) is 7.72. The molecule has 1 fully saturated rings. The highest BCUT2D eigenvalue weighted by molar-refractivity contribution is 5.64. The number of hydrogen-bond acceptors (Lipinski definition) is 5. The molecular weight excluding hydrogens is 346 g/mol. The van der Waals surface area contributed by atoms with Gasteiger partial charge in [0.25, 0.3) is 0 Å².